The molecule has 2 aliphatic heterocycles. The zero-order chi connectivity index (χ0) is 14.7. The van der Waals surface area contributed by atoms with Crippen LogP contribution >= 0.6 is 0 Å². The normalized spacial score (nSPS) is 21.0. The lowest BCUT2D eigenvalue weighted by Crippen LogP contribution is -2.46. The van der Waals surface area contributed by atoms with Crippen LogP contribution in [0.25, 0.3) is 6.08 Å². The van der Waals surface area contributed by atoms with Crippen LogP contribution in [0.5, 0.6) is 11.5 Å². The largest absolute Gasteiger partial charge is 0.454 e. The third-order valence-electron chi connectivity index (χ3n) is 4.00. The van der Waals surface area contributed by atoms with E-state index in [2.05, 4.69) is 0 Å². The molecule has 1 aromatic rings. The zero-order valence-corrected chi connectivity index (χ0v) is 12.0. The number of benzene rings is 1. The first-order chi connectivity index (χ1) is 10.3. The Morgan fingerprint density at radius 1 is 1.33 bits per heavy atom. The third kappa shape index (κ3) is 3.03. The Labute approximate surface area is 124 Å². The van der Waals surface area contributed by atoms with Crippen LogP contribution in [0.2, 0.25) is 0 Å². The third-order valence-corrected chi connectivity index (χ3v) is 4.00. The van der Waals surface area contributed by atoms with E-state index in [0.717, 1.165) is 42.9 Å². The van der Waals surface area contributed by atoms with E-state index in [1.165, 1.54) is 0 Å². The lowest BCUT2D eigenvalue weighted by molar-refractivity contribution is -0.129. The molecule has 1 unspecified atom stereocenters. The molecule has 1 amide bonds. The van der Waals surface area contributed by atoms with E-state index in [4.69, 9.17) is 15.2 Å². The van der Waals surface area contributed by atoms with E-state index in [1.807, 2.05) is 29.2 Å². The topological polar surface area (TPSA) is 64.8 Å². The van der Waals surface area contributed by atoms with E-state index in [0.29, 0.717) is 6.54 Å². The molecule has 1 saturated heterocycles. The molecule has 3 rings (SSSR count). The smallest absolute Gasteiger partial charge is 0.246 e. The van der Waals surface area contributed by atoms with Gasteiger partial charge >= 0.3 is 0 Å². The number of nitrogens with zero attached hydrogens (tertiary/aromatic N) is 1. The van der Waals surface area contributed by atoms with Gasteiger partial charge in [-0.3, -0.25) is 4.79 Å². The average Bonchev–Trinajstić information content (AvgIpc) is 3.00. The second-order valence-corrected chi connectivity index (χ2v) is 5.36. The minimum absolute atomic E-state index is 0.0304. The molecule has 0 aromatic heterocycles. The van der Waals surface area contributed by atoms with Crippen LogP contribution in [0.3, 0.4) is 0 Å². The Morgan fingerprint density at radius 3 is 3.05 bits per heavy atom. The predicted octanol–water partition coefficient (Wildman–Crippen LogP) is 1.77. The molecule has 5 nitrogen and oxygen atoms in total. The van der Waals surface area contributed by atoms with Crippen LogP contribution in [0, 0.1) is 0 Å². The van der Waals surface area contributed by atoms with Crippen molar-refractivity contribution in [1.29, 1.82) is 0 Å². The molecule has 21 heavy (non-hydrogen) atoms. The number of hydrogen-bond acceptors (Lipinski definition) is 4. The fourth-order valence-corrected chi connectivity index (χ4v) is 2.82. The Bertz CT molecular complexity index is 556. The highest BCUT2D eigenvalue weighted by Gasteiger charge is 2.23. The summed E-state index contributed by atoms with van der Waals surface area (Å²) in [4.78, 5) is 14.2. The van der Waals surface area contributed by atoms with Gasteiger partial charge in [-0.05, 0) is 43.0 Å². The minimum Gasteiger partial charge on any atom is -0.454 e. The number of carbonyl (C=O) groups excluding carboxylic acids is 1. The average molecular weight is 288 g/mol. The summed E-state index contributed by atoms with van der Waals surface area (Å²) in [6, 6.07) is 5.82. The number of amides is 1. The fourth-order valence-electron chi connectivity index (χ4n) is 2.82. The van der Waals surface area contributed by atoms with Gasteiger partial charge in [0.05, 0.1) is 0 Å². The summed E-state index contributed by atoms with van der Waals surface area (Å²) in [5.41, 5.74) is 6.68. The summed E-state index contributed by atoms with van der Waals surface area (Å²) >= 11 is 0. The number of ether oxygens (including phenoxy) is 2. The van der Waals surface area contributed by atoms with Crippen molar-refractivity contribution >= 4 is 12.0 Å². The van der Waals surface area contributed by atoms with Crippen molar-refractivity contribution in [1.82, 2.24) is 4.90 Å². The van der Waals surface area contributed by atoms with Crippen molar-refractivity contribution in [3.05, 3.63) is 29.8 Å². The van der Waals surface area contributed by atoms with E-state index < -0.39 is 0 Å². The van der Waals surface area contributed by atoms with Gasteiger partial charge in [0.2, 0.25) is 12.7 Å². The Kier molecular flexibility index (Phi) is 4.10. The van der Waals surface area contributed by atoms with Gasteiger partial charge in [0, 0.05) is 25.2 Å². The first-order valence-electron chi connectivity index (χ1n) is 7.36. The second kappa shape index (κ2) is 6.18. The number of nitrogens with two attached hydrogens (primary N) is 1. The van der Waals surface area contributed by atoms with Gasteiger partial charge in [0.1, 0.15) is 0 Å². The van der Waals surface area contributed by atoms with E-state index >= 15 is 0 Å². The van der Waals surface area contributed by atoms with Crippen LogP contribution < -0.4 is 15.2 Å². The number of hydrogen-bond donors (Lipinski definition) is 1. The van der Waals surface area contributed by atoms with Gasteiger partial charge in [-0.2, -0.15) is 0 Å². The molecule has 2 N–H and O–H groups in total. The maximum Gasteiger partial charge on any atom is 0.246 e. The number of rotatable bonds is 3. The van der Waals surface area contributed by atoms with Crippen molar-refractivity contribution in [2.45, 2.75) is 25.3 Å². The van der Waals surface area contributed by atoms with Gasteiger partial charge in [-0.15, -0.1) is 0 Å². The van der Waals surface area contributed by atoms with Crippen LogP contribution in [0.1, 0.15) is 24.8 Å². The van der Waals surface area contributed by atoms with E-state index in [9.17, 15) is 4.79 Å². The summed E-state index contributed by atoms with van der Waals surface area (Å²) in [5.74, 6) is 1.50. The molecule has 1 aromatic carbocycles. The van der Waals surface area contributed by atoms with Crippen LogP contribution in [-0.2, 0) is 4.79 Å². The SMILES string of the molecule is NCC1CCCCN1C(=O)C=Cc1ccc2c(c1)OCO2. The quantitative estimate of drug-likeness (QED) is 0.861. The molecule has 0 aliphatic carbocycles. The molecule has 1 atom stereocenters. The predicted molar refractivity (Wildman–Crippen MR) is 80.0 cm³/mol. The van der Waals surface area contributed by atoms with Crippen molar-refractivity contribution in [3.8, 4) is 11.5 Å². The Balaban J connectivity index is 1.68. The molecule has 0 bridgehead atoms. The Hall–Kier alpha value is -2.01. The molecule has 5 heteroatoms. The lowest BCUT2D eigenvalue weighted by atomic mass is 10.0. The van der Waals surface area contributed by atoms with Gasteiger partial charge < -0.3 is 20.1 Å². The van der Waals surface area contributed by atoms with E-state index in [1.54, 1.807) is 6.08 Å². The highest BCUT2D eigenvalue weighted by atomic mass is 16.7. The maximum absolute atomic E-state index is 12.3. The lowest BCUT2D eigenvalue weighted by Gasteiger charge is -2.34. The first kappa shape index (κ1) is 13.9. The van der Waals surface area contributed by atoms with Gasteiger partial charge in [0.15, 0.2) is 11.5 Å². The van der Waals surface area contributed by atoms with Crippen LogP contribution in [0.4, 0.5) is 0 Å². The second-order valence-electron chi connectivity index (χ2n) is 5.36. The highest BCUT2D eigenvalue weighted by Crippen LogP contribution is 2.32. The van der Waals surface area contributed by atoms with Crippen molar-refractivity contribution in [2.75, 3.05) is 19.9 Å². The number of fused-ring (bicyclic) bond motifs is 1. The highest BCUT2D eigenvalue weighted by molar-refractivity contribution is 5.92. The molecule has 1 fully saturated rings. The molecule has 0 saturated carbocycles. The fraction of sp³-hybridized carbons (Fsp3) is 0.438. The molecule has 2 aliphatic rings. The van der Waals surface area contributed by atoms with Crippen molar-refractivity contribution < 1.29 is 14.3 Å². The molecule has 0 radical (unpaired) electrons. The molecular weight excluding hydrogens is 268 g/mol. The molecule has 2 heterocycles. The molecular formula is C16H20N2O3. The van der Waals surface area contributed by atoms with Gasteiger partial charge in [-0.25, -0.2) is 0 Å². The molecule has 0 spiro atoms. The summed E-state index contributed by atoms with van der Waals surface area (Å²) in [7, 11) is 0. The summed E-state index contributed by atoms with van der Waals surface area (Å²) < 4.78 is 10.6. The zero-order valence-electron chi connectivity index (χ0n) is 12.0. The monoisotopic (exact) mass is 288 g/mol. The summed E-state index contributed by atoms with van der Waals surface area (Å²) in [6.07, 6.45) is 6.63. The molecule has 112 valence electrons. The Morgan fingerprint density at radius 2 is 2.19 bits per heavy atom. The maximum atomic E-state index is 12.3. The van der Waals surface area contributed by atoms with Crippen molar-refractivity contribution in [2.24, 2.45) is 5.73 Å². The van der Waals surface area contributed by atoms with Crippen molar-refractivity contribution in [3.63, 3.8) is 0 Å². The summed E-state index contributed by atoms with van der Waals surface area (Å²) in [5, 5.41) is 0. The summed E-state index contributed by atoms with van der Waals surface area (Å²) in [6.45, 7) is 1.59. The number of piperidine rings is 1. The standard InChI is InChI=1S/C16H20N2O3/c17-10-13-3-1-2-8-18(13)16(19)7-5-12-4-6-14-15(9-12)21-11-20-14/h4-7,9,13H,1-3,8,10-11,17H2. The van der Waals surface area contributed by atoms with Gasteiger partial charge in [0.25, 0.3) is 0 Å². The number of carbonyl (C=O) groups is 1. The van der Waals surface area contributed by atoms with Crippen LogP contribution in [-0.4, -0.2) is 36.7 Å². The number of likely N-dealkylation sites (tertiary alicyclic amines) is 1. The van der Waals surface area contributed by atoms with E-state index in [-0.39, 0.29) is 18.7 Å². The minimum atomic E-state index is 0.0304. The van der Waals surface area contributed by atoms with Gasteiger partial charge in [-0.1, -0.05) is 6.07 Å². The first-order valence-corrected chi connectivity index (χ1v) is 7.36. The van der Waals surface area contributed by atoms with Crippen LogP contribution in [0.15, 0.2) is 24.3 Å².